The van der Waals surface area contributed by atoms with Gasteiger partial charge in [-0.25, -0.2) is 4.98 Å². The zero-order valence-electron chi connectivity index (χ0n) is 10.9. The highest BCUT2D eigenvalue weighted by molar-refractivity contribution is 5.52. The molecule has 1 aromatic heterocycles. The van der Waals surface area contributed by atoms with Crippen LogP contribution in [0.5, 0.6) is 5.88 Å². The molecule has 0 spiro atoms. The Balaban J connectivity index is 1.93. The molecule has 4 heteroatoms. The number of hydrogen-bond acceptors (Lipinski definition) is 4. The SMILES string of the molecule is CC(C)Oc1ncccc1NCC1CCC=CO1. The minimum absolute atomic E-state index is 0.120. The fourth-order valence-electron chi connectivity index (χ4n) is 1.80. The molecule has 1 aliphatic rings. The number of rotatable bonds is 5. The lowest BCUT2D eigenvalue weighted by atomic mass is 10.1. The van der Waals surface area contributed by atoms with Crippen LogP contribution in [0.1, 0.15) is 26.7 Å². The number of hydrogen-bond donors (Lipinski definition) is 1. The van der Waals surface area contributed by atoms with Crippen LogP contribution in [-0.4, -0.2) is 23.7 Å². The van der Waals surface area contributed by atoms with Gasteiger partial charge in [0.1, 0.15) is 6.10 Å². The first-order valence-electron chi connectivity index (χ1n) is 6.41. The van der Waals surface area contributed by atoms with E-state index in [-0.39, 0.29) is 12.2 Å². The number of allylic oxidation sites excluding steroid dienone is 1. The molecule has 0 radical (unpaired) electrons. The van der Waals surface area contributed by atoms with Crippen molar-refractivity contribution in [2.24, 2.45) is 0 Å². The van der Waals surface area contributed by atoms with Crippen LogP contribution >= 0.6 is 0 Å². The van der Waals surface area contributed by atoms with Gasteiger partial charge in [0.15, 0.2) is 0 Å². The third-order valence-electron chi connectivity index (χ3n) is 2.66. The van der Waals surface area contributed by atoms with E-state index in [1.165, 1.54) is 0 Å². The molecule has 98 valence electrons. The molecule has 0 saturated carbocycles. The van der Waals surface area contributed by atoms with Crippen molar-refractivity contribution in [2.75, 3.05) is 11.9 Å². The number of anilines is 1. The second-order valence-electron chi connectivity index (χ2n) is 4.61. The lowest BCUT2D eigenvalue weighted by Crippen LogP contribution is -2.23. The van der Waals surface area contributed by atoms with Crippen molar-refractivity contribution in [3.8, 4) is 5.88 Å². The largest absolute Gasteiger partial charge is 0.497 e. The molecule has 0 aliphatic carbocycles. The highest BCUT2D eigenvalue weighted by atomic mass is 16.5. The van der Waals surface area contributed by atoms with E-state index in [0.717, 1.165) is 25.1 Å². The second-order valence-corrected chi connectivity index (χ2v) is 4.61. The Morgan fingerprint density at radius 3 is 3.17 bits per heavy atom. The summed E-state index contributed by atoms with van der Waals surface area (Å²) >= 11 is 0. The van der Waals surface area contributed by atoms with E-state index >= 15 is 0 Å². The Bertz CT molecular complexity index is 405. The van der Waals surface area contributed by atoms with Gasteiger partial charge in [0.05, 0.1) is 24.6 Å². The van der Waals surface area contributed by atoms with Crippen LogP contribution in [0.15, 0.2) is 30.7 Å². The number of nitrogens with zero attached hydrogens (tertiary/aromatic N) is 1. The van der Waals surface area contributed by atoms with Crippen LogP contribution in [0.3, 0.4) is 0 Å². The summed E-state index contributed by atoms with van der Waals surface area (Å²) in [6.07, 6.45) is 8.04. The summed E-state index contributed by atoms with van der Waals surface area (Å²) in [6.45, 7) is 4.76. The van der Waals surface area contributed by atoms with Gasteiger partial charge in [-0.05, 0) is 44.9 Å². The Kier molecular flexibility index (Phi) is 4.45. The van der Waals surface area contributed by atoms with Gasteiger partial charge in [-0.2, -0.15) is 0 Å². The summed E-state index contributed by atoms with van der Waals surface area (Å²) in [7, 11) is 0. The molecule has 2 rings (SSSR count). The molecular weight excluding hydrogens is 228 g/mol. The summed E-state index contributed by atoms with van der Waals surface area (Å²) in [5.41, 5.74) is 0.921. The van der Waals surface area contributed by atoms with Crippen molar-refractivity contribution >= 4 is 5.69 Å². The molecule has 0 amide bonds. The van der Waals surface area contributed by atoms with Gasteiger partial charge in [0.2, 0.25) is 5.88 Å². The van der Waals surface area contributed by atoms with E-state index in [1.54, 1.807) is 12.5 Å². The third kappa shape index (κ3) is 3.65. The molecule has 1 aliphatic heterocycles. The van der Waals surface area contributed by atoms with E-state index in [2.05, 4.69) is 10.3 Å². The number of aromatic nitrogens is 1. The predicted molar refractivity (Wildman–Crippen MR) is 71.7 cm³/mol. The van der Waals surface area contributed by atoms with Gasteiger partial charge in [0.25, 0.3) is 0 Å². The smallest absolute Gasteiger partial charge is 0.237 e. The lowest BCUT2D eigenvalue weighted by Gasteiger charge is -2.21. The highest BCUT2D eigenvalue weighted by Gasteiger charge is 2.12. The van der Waals surface area contributed by atoms with Crippen molar-refractivity contribution in [1.82, 2.24) is 4.98 Å². The number of nitrogens with one attached hydrogen (secondary N) is 1. The molecule has 0 saturated heterocycles. The standard InChI is InChI=1S/C14H20N2O2/c1-11(2)18-14-13(7-5-8-15-14)16-10-12-6-3-4-9-17-12/h4-5,7-9,11-12,16H,3,6,10H2,1-2H3. The topological polar surface area (TPSA) is 43.4 Å². The maximum absolute atomic E-state index is 5.66. The average molecular weight is 248 g/mol. The maximum atomic E-state index is 5.66. The normalized spacial score (nSPS) is 18.5. The van der Waals surface area contributed by atoms with E-state index in [1.807, 2.05) is 32.1 Å². The Hall–Kier alpha value is -1.71. The van der Waals surface area contributed by atoms with Crippen LogP contribution in [0, 0.1) is 0 Å². The molecular formula is C14H20N2O2. The van der Waals surface area contributed by atoms with Crippen LogP contribution in [0.4, 0.5) is 5.69 Å². The van der Waals surface area contributed by atoms with Gasteiger partial charge >= 0.3 is 0 Å². The first kappa shape index (κ1) is 12.7. The van der Waals surface area contributed by atoms with E-state index < -0.39 is 0 Å². The molecule has 0 bridgehead atoms. The number of ether oxygens (including phenoxy) is 2. The van der Waals surface area contributed by atoms with E-state index in [4.69, 9.17) is 9.47 Å². The summed E-state index contributed by atoms with van der Waals surface area (Å²) in [4.78, 5) is 4.24. The summed E-state index contributed by atoms with van der Waals surface area (Å²) in [5, 5.41) is 3.34. The second kappa shape index (κ2) is 6.28. The van der Waals surface area contributed by atoms with Crippen LogP contribution in [-0.2, 0) is 4.74 Å². The van der Waals surface area contributed by atoms with Crippen molar-refractivity contribution < 1.29 is 9.47 Å². The predicted octanol–water partition coefficient (Wildman–Crippen LogP) is 2.97. The minimum atomic E-state index is 0.120. The fourth-order valence-corrected chi connectivity index (χ4v) is 1.80. The minimum Gasteiger partial charge on any atom is -0.497 e. The molecule has 1 N–H and O–H groups in total. The highest BCUT2D eigenvalue weighted by Crippen LogP contribution is 2.22. The molecule has 18 heavy (non-hydrogen) atoms. The van der Waals surface area contributed by atoms with E-state index in [0.29, 0.717) is 5.88 Å². The molecule has 1 atom stereocenters. The Morgan fingerprint density at radius 2 is 2.44 bits per heavy atom. The van der Waals surface area contributed by atoms with Gasteiger partial charge in [-0.3, -0.25) is 0 Å². The Morgan fingerprint density at radius 1 is 1.56 bits per heavy atom. The van der Waals surface area contributed by atoms with Crippen molar-refractivity contribution in [2.45, 2.75) is 38.9 Å². The monoisotopic (exact) mass is 248 g/mol. The van der Waals surface area contributed by atoms with Gasteiger partial charge < -0.3 is 14.8 Å². The molecule has 0 aromatic carbocycles. The van der Waals surface area contributed by atoms with Crippen molar-refractivity contribution in [3.63, 3.8) is 0 Å². The molecule has 0 fully saturated rings. The Labute approximate surface area is 108 Å². The lowest BCUT2D eigenvalue weighted by molar-refractivity contribution is 0.135. The molecule has 2 heterocycles. The zero-order valence-corrected chi connectivity index (χ0v) is 10.9. The van der Waals surface area contributed by atoms with Crippen molar-refractivity contribution in [3.05, 3.63) is 30.7 Å². The summed E-state index contributed by atoms with van der Waals surface area (Å²) in [6, 6.07) is 3.88. The summed E-state index contributed by atoms with van der Waals surface area (Å²) < 4.78 is 11.2. The van der Waals surface area contributed by atoms with Gasteiger partial charge in [-0.15, -0.1) is 0 Å². The quantitative estimate of drug-likeness (QED) is 0.870. The maximum Gasteiger partial charge on any atom is 0.237 e. The average Bonchev–Trinajstić information content (AvgIpc) is 2.38. The van der Waals surface area contributed by atoms with Gasteiger partial charge in [-0.1, -0.05) is 0 Å². The number of pyridine rings is 1. The molecule has 4 nitrogen and oxygen atoms in total. The first-order valence-corrected chi connectivity index (χ1v) is 6.41. The fraction of sp³-hybridized carbons (Fsp3) is 0.500. The molecule has 1 unspecified atom stereocenters. The van der Waals surface area contributed by atoms with Crippen LogP contribution in [0.2, 0.25) is 0 Å². The van der Waals surface area contributed by atoms with Crippen molar-refractivity contribution in [1.29, 1.82) is 0 Å². The van der Waals surface area contributed by atoms with Crippen LogP contribution < -0.4 is 10.1 Å². The molecule has 1 aromatic rings. The first-order chi connectivity index (χ1) is 8.75. The summed E-state index contributed by atoms with van der Waals surface area (Å²) in [5.74, 6) is 0.652. The zero-order chi connectivity index (χ0) is 12.8. The van der Waals surface area contributed by atoms with Gasteiger partial charge in [0, 0.05) is 6.20 Å². The van der Waals surface area contributed by atoms with Crippen LogP contribution in [0.25, 0.3) is 0 Å². The third-order valence-corrected chi connectivity index (χ3v) is 2.66. The van der Waals surface area contributed by atoms with E-state index in [9.17, 15) is 0 Å².